The molecule has 4 heteroatoms. The van der Waals surface area contributed by atoms with Crippen molar-refractivity contribution < 1.29 is 14.4 Å². The van der Waals surface area contributed by atoms with E-state index in [9.17, 15) is 4.79 Å². The van der Waals surface area contributed by atoms with Crippen LogP contribution in [-0.4, -0.2) is 18.3 Å². The molecular formula is C20H17NO3. The Morgan fingerprint density at radius 1 is 1.12 bits per heavy atom. The highest BCUT2D eigenvalue weighted by molar-refractivity contribution is 6.36. The van der Waals surface area contributed by atoms with Crippen LogP contribution in [-0.2, 0) is 14.4 Å². The van der Waals surface area contributed by atoms with Gasteiger partial charge in [0.2, 0.25) is 0 Å². The Balaban J connectivity index is 1.82. The molecule has 0 radical (unpaired) electrons. The molecule has 1 aliphatic heterocycles. The summed E-state index contributed by atoms with van der Waals surface area (Å²) in [5, 5.41) is 8.52. The zero-order valence-electron chi connectivity index (χ0n) is 13.4. The highest BCUT2D eigenvalue weighted by Crippen LogP contribution is 2.38. The van der Waals surface area contributed by atoms with Crippen LogP contribution in [0, 0.1) is 0 Å². The summed E-state index contributed by atoms with van der Waals surface area (Å²) in [7, 11) is 0. The number of esters is 1. The number of carbonyl (C=O) groups is 1. The van der Waals surface area contributed by atoms with Crippen LogP contribution < -0.4 is 0 Å². The van der Waals surface area contributed by atoms with Gasteiger partial charge in [0.1, 0.15) is 0 Å². The van der Waals surface area contributed by atoms with Gasteiger partial charge in [-0.15, -0.1) is 0 Å². The van der Waals surface area contributed by atoms with E-state index in [2.05, 4.69) is 35.5 Å². The number of carbonyl (C=O) groups excluding carboxylic acids is 1. The minimum atomic E-state index is -0.399. The fourth-order valence-corrected chi connectivity index (χ4v) is 3.26. The van der Waals surface area contributed by atoms with Crippen molar-refractivity contribution in [2.75, 3.05) is 6.61 Å². The van der Waals surface area contributed by atoms with Crippen LogP contribution in [0.4, 0.5) is 0 Å². The Labute approximate surface area is 139 Å². The van der Waals surface area contributed by atoms with Gasteiger partial charge in [-0.3, -0.25) is 0 Å². The number of benzene rings is 3. The van der Waals surface area contributed by atoms with E-state index < -0.39 is 5.97 Å². The van der Waals surface area contributed by atoms with E-state index >= 15 is 0 Å². The van der Waals surface area contributed by atoms with Crippen LogP contribution in [0.2, 0.25) is 0 Å². The maximum absolute atomic E-state index is 11.9. The van der Waals surface area contributed by atoms with Gasteiger partial charge < -0.3 is 9.57 Å². The van der Waals surface area contributed by atoms with Gasteiger partial charge in [-0.25, -0.2) is 4.79 Å². The molecule has 120 valence electrons. The Morgan fingerprint density at radius 3 is 2.38 bits per heavy atom. The highest BCUT2D eigenvalue weighted by Gasteiger charge is 2.30. The summed E-state index contributed by atoms with van der Waals surface area (Å²) in [5.74, 6) is -0.399. The Morgan fingerprint density at radius 2 is 1.75 bits per heavy atom. The Kier molecular flexibility index (Phi) is 3.65. The molecular weight excluding hydrogens is 302 g/mol. The van der Waals surface area contributed by atoms with E-state index in [1.54, 1.807) is 6.92 Å². The summed E-state index contributed by atoms with van der Waals surface area (Å²) >= 11 is 0. The number of rotatable bonds is 3. The van der Waals surface area contributed by atoms with Crippen molar-refractivity contribution in [2.45, 2.75) is 19.4 Å². The van der Waals surface area contributed by atoms with Crippen molar-refractivity contribution in [3.05, 3.63) is 60.2 Å². The smallest absolute Gasteiger partial charge is 0.356 e. The Bertz CT molecular complexity index is 907. The third-order valence-corrected chi connectivity index (χ3v) is 4.31. The molecule has 0 spiro atoms. The Hall–Kier alpha value is -2.88. The fourth-order valence-electron chi connectivity index (χ4n) is 3.26. The second-order valence-electron chi connectivity index (χ2n) is 5.79. The first kappa shape index (κ1) is 14.7. The predicted octanol–water partition coefficient (Wildman–Crippen LogP) is 4.37. The third-order valence-electron chi connectivity index (χ3n) is 4.31. The normalized spacial score (nSPS) is 16.9. The van der Waals surface area contributed by atoms with E-state index in [1.165, 1.54) is 0 Å². The molecule has 24 heavy (non-hydrogen) atoms. The molecule has 3 aromatic rings. The molecule has 4 nitrogen and oxygen atoms in total. The zero-order chi connectivity index (χ0) is 16.5. The van der Waals surface area contributed by atoms with Gasteiger partial charge in [-0.05, 0) is 34.5 Å². The minimum absolute atomic E-state index is 0.277. The average Bonchev–Trinajstić information content (AvgIpc) is 3.09. The van der Waals surface area contributed by atoms with Crippen molar-refractivity contribution in [1.29, 1.82) is 0 Å². The zero-order valence-corrected chi connectivity index (χ0v) is 13.4. The van der Waals surface area contributed by atoms with Crippen molar-refractivity contribution in [3.63, 3.8) is 0 Å². The van der Waals surface area contributed by atoms with E-state index in [4.69, 9.17) is 9.57 Å². The van der Waals surface area contributed by atoms with Gasteiger partial charge in [0, 0.05) is 12.0 Å². The number of oxime groups is 1. The van der Waals surface area contributed by atoms with Gasteiger partial charge >= 0.3 is 5.97 Å². The molecule has 0 saturated carbocycles. The van der Waals surface area contributed by atoms with Crippen LogP contribution in [0.5, 0.6) is 0 Å². The maximum atomic E-state index is 11.9. The molecule has 0 bridgehead atoms. The number of fused-ring (bicyclic) bond motifs is 2. The monoisotopic (exact) mass is 319 g/mol. The fraction of sp³-hybridized carbons (Fsp3) is 0.200. The first-order chi connectivity index (χ1) is 11.8. The summed E-state index contributed by atoms with van der Waals surface area (Å²) < 4.78 is 5.04. The first-order valence-electron chi connectivity index (χ1n) is 8.08. The van der Waals surface area contributed by atoms with E-state index in [0.29, 0.717) is 18.7 Å². The molecule has 0 aromatic heterocycles. The van der Waals surface area contributed by atoms with E-state index in [0.717, 1.165) is 27.1 Å². The SMILES string of the molecule is CCOC(=O)C1=NOC(c2c3ccccc3cc3ccccc23)C1. The summed E-state index contributed by atoms with van der Waals surface area (Å²) in [6, 6.07) is 18.6. The average molecular weight is 319 g/mol. The lowest BCUT2D eigenvalue weighted by Gasteiger charge is -2.15. The second-order valence-corrected chi connectivity index (χ2v) is 5.79. The number of ether oxygens (including phenoxy) is 1. The summed E-state index contributed by atoms with van der Waals surface area (Å²) in [5.41, 5.74) is 1.42. The molecule has 4 rings (SSSR count). The topological polar surface area (TPSA) is 47.9 Å². The lowest BCUT2D eigenvalue weighted by molar-refractivity contribution is -0.135. The molecule has 0 N–H and O–H groups in total. The van der Waals surface area contributed by atoms with Gasteiger partial charge in [-0.1, -0.05) is 53.7 Å². The molecule has 1 unspecified atom stereocenters. The third kappa shape index (κ3) is 2.40. The molecule has 0 aliphatic carbocycles. The van der Waals surface area contributed by atoms with Gasteiger partial charge in [-0.2, -0.15) is 0 Å². The van der Waals surface area contributed by atoms with Crippen LogP contribution in [0.15, 0.2) is 59.8 Å². The molecule has 1 atom stereocenters. The highest BCUT2D eigenvalue weighted by atomic mass is 16.6. The largest absolute Gasteiger partial charge is 0.461 e. The van der Waals surface area contributed by atoms with Crippen molar-refractivity contribution in [2.24, 2.45) is 5.16 Å². The van der Waals surface area contributed by atoms with E-state index in [-0.39, 0.29) is 6.10 Å². The molecule has 1 heterocycles. The molecule has 1 aliphatic rings. The van der Waals surface area contributed by atoms with Crippen molar-refractivity contribution in [3.8, 4) is 0 Å². The number of hydrogen-bond acceptors (Lipinski definition) is 4. The lowest BCUT2D eigenvalue weighted by atomic mass is 9.92. The van der Waals surface area contributed by atoms with Crippen LogP contribution in [0.3, 0.4) is 0 Å². The number of hydrogen-bond donors (Lipinski definition) is 0. The maximum Gasteiger partial charge on any atom is 0.356 e. The van der Waals surface area contributed by atoms with Gasteiger partial charge in [0.05, 0.1) is 6.61 Å². The summed E-state index contributed by atoms with van der Waals surface area (Å²) in [4.78, 5) is 17.5. The standard InChI is InChI=1S/C20H17NO3/c1-2-23-20(22)17-12-18(24-21-17)19-15-9-5-3-7-13(15)11-14-8-4-6-10-16(14)19/h3-11,18H,2,12H2,1H3. The molecule has 3 aromatic carbocycles. The minimum Gasteiger partial charge on any atom is -0.461 e. The van der Waals surface area contributed by atoms with Crippen molar-refractivity contribution in [1.82, 2.24) is 0 Å². The van der Waals surface area contributed by atoms with Gasteiger partial charge in [0.25, 0.3) is 0 Å². The van der Waals surface area contributed by atoms with Crippen LogP contribution in [0.1, 0.15) is 25.0 Å². The lowest BCUT2D eigenvalue weighted by Crippen LogP contribution is -2.16. The summed E-state index contributed by atoms with van der Waals surface area (Å²) in [6.07, 6.45) is 0.150. The van der Waals surface area contributed by atoms with E-state index in [1.807, 2.05) is 24.3 Å². The van der Waals surface area contributed by atoms with Crippen molar-refractivity contribution >= 4 is 33.2 Å². The second kappa shape index (κ2) is 5.96. The summed E-state index contributed by atoms with van der Waals surface area (Å²) in [6.45, 7) is 2.11. The van der Waals surface area contributed by atoms with Gasteiger partial charge in [0.15, 0.2) is 11.8 Å². The van der Waals surface area contributed by atoms with Crippen LogP contribution >= 0.6 is 0 Å². The number of nitrogens with zero attached hydrogens (tertiary/aromatic N) is 1. The first-order valence-corrected chi connectivity index (χ1v) is 8.08. The molecule has 0 saturated heterocycles. The quantitative estimate of drug-likeness (QED) is 0.532. The molecule has 0 amide bonds. The van der Waals surface area contributed by atoms with Crippen LogP contribution in [0.25, 0.3) is 21.5 Å². The molecule has 0 fully saturated rings. The predicted molar refractivity (Wildman–Crippen MR) is 94.0 cm³/mol.